The molecule has 128 valence electrons. The van der Waals surface area contributed by atoms with Crippen molar-refractivity contribution in [2.75, 3.05) is 5.32 Å². The predicted octanol–water partition coefficient (Wildman–Crippen LogP) is 4.60. The van der Waals surface area contributed by atoms with Gasteiger partial charge in [0.1, 0.15) is 5.75 Å². The number of carbonyl (C=O) groups is 1. The van der Waals surface area contributed by atoms with E-state index in [1.54, 1.807) is 12.1 Å². The number of ether oxygens (including phenoxy) is 2. The van der Waals surface area contributed by atoms with Crippen molar-refractivity contribution in [1.29, 1.82) is 0 Å². The summed E-state index contributed by atoms with van der Waals surface area (Å²) in [5.74, 6) is -1.55. The number of hydrogen-bond donors (Lipinski definition) is 1. The Morgan fingerprint density at radius 2 is 1.83 bits per heavy atom. The van der Waals surface area contributed by atoms with Crippen LogP contribution >= 0.6 is 15.9 Å². The van der Waals surface area contributed by atoms with Gasteiger partial charge in [-0.1, -0.05) is 28.1 Å². The van der Waals surface area contributed by atoms with Crippen molar-refractivity contribution in [3.05, 3.63) is 52.8 Å². The van der Waals surface area contributed by atoms with Crippen LogP contribution in [-0.4, -0.2) is 18.6 Å². The van der Waals surface area contributed by atoms with E-state index in [1.807, 2.05) is 0 Å². The topological polar surface area (TPSA) is 47.6 Å². The average molecular weight is 404 g/mol. The Morgan fingerprint density at radius 3 is 2.50 bits per heavy atom. The highest BCUT2D eigenvalue weighted by atomic mass is 79.9. The normalized spacial score (nSPS) is 11.9. The van der Waals surface area contributed by atoms with Gasteiger partial charge in [-0.3, -0.25) is 4.79 Å². The number of nitrogens with one attached hydrogen (secondary N) is 1. The average Bonchev–Trinajstić information content (AvgIpc) is 2.51. The summed E-state index contributed by atoms with van der Waals surface area (Å²) >= 11 is 3.11. The van der Waals surface area contributed by atoms with Gasteiger partial charge >= 0.3 is 6.61 Å². The lowest BCUT2D eigenvalue weighted by Crippen LogP contribution is -2.30. The molecule has 2 aromatic rings. The van der Waals surface area contributed by atoms with Crippen LogP contribution in [0.1, 0.15) is 6.92 Å². The number of para-hydroxylation sites is 2. The van der Waals surface area contributed by atoms with Crippen molar-refractivity contribution >= 4 is 27.5 Å². The molecule has 24 heavy (non-hydrogen) atoms. The zero-order valence-corrected chi connectivity index (χ0v) is 14.0. The molecule has 1 amide bonds. The Kier molecular flexibility index (Phi) is 6.08. The van der Waals surface area contributed by atoms with E-state index in [0.29, 0.717) is 4.47 Å². The molecule has 0 fully saturated rings. The summed E-state index contributed by atoms with van der Waals surface area (Å²) < 4.78 is 48.5. The maximum absolute atomic E-state index is 13.7. The van der Waals surface area contributed by atoms with E-state index in [9.17, 15) is 18.0 Å². The van der Waals surface area contributed by atoms with Crippen LogP contribution in [0.3, 0.4) is 0 Å². The summed E-state index contributed by atoms with van der Waals surface area (Å²) in [5.41, 5.74) is 0.0644. The van der Waals surface area contributed by atoms with E-state index >= 15 is 0 Å². The van der Waals surface area contributed by atoms with Gasteiger partial charge < -0.3 is 14.8 Å². The molecule has 0 aliphatic carbocycles. The van der Waals surface area contributed by atoms with E-state index < -0.39 is 24.4 Å². The molecule has 2 rings (SSSR count). The van der Waals surface area contributed by atoms with Crippen LogP contribution in [0.15, 0.2) is 46.9 Å². The van der Waals surface area contributed by atoms with Gasteiger partial charge in [0.2, 0.25) is 0 Å². The number of carbonyl (C=O) groups excluding carboxylic acids is 1. The Balaban J connectivity index is 2.06. The Hall–Kier alpha value is -2.22. The van der Waals surface area contributed by atoms with Gasteiger partial charge in [0, 0.05) is 4.47 Å². The van der Waals surface area contributed by atoms with Gasteiger partial charge in [0.25, 0.3) is 5.91 Å². The number of hydrogen-bond acceptors (Lipinski definition) is 3. The second-order valence-corrected chi connectivity index (χ2v) is 5.61. The molecule has 0 spiro atoms. The van der Waals surface area contributed by atoms with Crippen molar-refractivity contribution in [1.82, 2.24) is 0 Å². The Labute approximate surface area is 144 Å². The van der Waals surface area contributed by atoms with E-state index in [-0.39, 0.29) is 17.2 Å². The van der Waals surface area contributed by atoms with Crippen molar-refractivity contribution in [2.45, 2.75) is 19.6 Å². The molecule has 0 aliphatic heterocycles. The molecule has 0 bridgehead atoms. The molecular formula is C16H13BrF3NO3. The van der Waals surface area contributed by atoms with E-state index in [1.165, 1.54) is 37.3 Å². The first-order chi connectivity index (χ1) is 11.4. The van der Waals surface area contributed by atoms with Crippen molar-refractivity contribution in [3.8, 4) is 11.5 Å². The molecule has 0 saturated carbocycles. The zero-order valence-electron chi connectivity index (χ0n) is 12.4. The monoisotopic (exact) mass is 403 g/mol. The van der Waals surface area contributed by atoms with Crippen LogP contribution in [-0.2, 0) is 4.79 Å². The SMILES string of the molecule is C[C@@H](Oc1ccc(Br)cc1F)C(=O)Nc1ccccc1OC(F)F. The fourth-order valence-corrected chi connectivity index (χ4v) is 2.15. The molecule has 1 atom stereocenters. The Bertz CT molecular complexity index is 727. The predicted molar refractivity (Wildman–Crippen MR) is 85.9 cm³/mol. The molecule has 0 saturated heterocycles. The zero-order chi connectivity index (χ0) is 17.7. The fraction of sp³-hybridized carbons (Fsp3) is 0.188. The van der Waals surface area contributed by atoms with Crippen LogP contribution in [0.2, 0.25) is 0 Å². The highest BCUT2D eigenvalue weighted by Gasteiger charge is 2.19. The third-order valence-corrected chi connectivity index (χ3v) is 3.42. The standard InChI is InChI=1S/C16H13BrF3NO3/c1-9(23-13-7-6-10(17)8-11(13)18)15(22)21-12-4-2-3-5-14(12)24-16(19)20/h2-9,16H,1H3,(H,21,22)/t9-/m1/s1. The molecule has 8 heteroatoms. The summed E-state index contributed by atoms with van der Waals surface area (Å²) in [4.78, 5) is 12.1. The van der Waals surface area contributed by atoms with Gasteiger partial charge in [-0.2, -0.15) is 8.78 Å². The molecule has 0 radical (unpaired) electrons. The van der Waals surface area contributed by atoms with Gasteiger partial charge in [0.15, 0.2) is 17.7 Å². The van der Waals surface area contributed by atoms with Crippen LogP contribution in [0, 0.1) is 5.82 Å². The Morgan fingerprint density at radius 1 is 1.12 bits per heavy atom. The molecule has 0 aliphatic rings. The quantitative estimate of drug-likeness (QED) is 0.766. The maximum Gasteiger partial charge on any atom is 0.387 e. The third-order valence-electron chi connectivity index (χ3n) is 2.93. The molecule has 0 unspecified atom stereocenters. The number of amides is 1. The molecule has 0 heterocycles. The summed E-state index contributed by atoms with van der Waals surface area (Å²) in [6.45, 7) is -1.61. The number of anilines is 1. The highest BCUT2D eigenvalue weighted by molar-refractivity contribution is 9.10. The summed E-state index contributed by atoms with van der Waals surface area (Å²) in [5, 5.41) is 2.41. The minimum Gasteiger partial charge on any atom is -0.478 e. The number of rotatable bonds is 6. The summed E-state index contributed by atoms with van der Waals surface area (Å²) in [6.07, 6.45) is -1.06. The van der Waals surface area contributed by atoms with Crippen molar-refractivity contribution in [3.63, 3.8) is 0 Å². The van der Waals surface area contributed by atoms with Crippen LogP contribution < -0.4 is 14.8 Å². The summed E-state index contributed by atoms with van der Waals surface area (Å²) in [7, 11) is 0. The molecule has 4 nitrogen and oxygen atoms in total. The van der Waals surface area contributed by atoms with Gasteiger partial charge in [-0.15, -0.1) is 0 Å². The molecule has 2 aromatic carbocycles. The van der Waals surface area contributed by atoms with Gasteiger partial charge in [-0.05, 0) is 37.3 Å². The van der Waals surface area contributed by atoms with Crippen LogP contribution in [0.25, 0.3) is 0 Å². The lowest BCUT2D eigenvalue weighted by atomic mass is 10.2. The second kappa shape index (κ2) is 8.05. The van der Waals surface area contributed by atoms with Gasteiger partial charge in [-0.25, -0.2) is 4.39 Å². The van der Waals surface area contributed by atoms with E-state index in [2.05, 4.69) is 26.0 Å². The first-order valence-corrected chi connectivity index (χ1v) is 7.62. The van der Waals surface area contributed by atoms with Crippen LogP contribution in [0.4, 0.5) is 18.9 Å². The third kappa shape index (κ3) is 4.89. The minimum atomic E-state index is -3.02. The van der Waals surface area contributed by atoms with Crippen LogP contribution in [0.5, 0.6) is 11.5 Å². The van der Waals surface area contributed by atoms with Crippen molar-refractivity contribution < 1.29 is 27.4 Å². The van der Waals surface area contributed by atoms with Gasteiger partial charge in [0.05, 0.1) is 5.69 Å². The lowest BCUT2D eigenvalue weighted by Gasteiger charge is -2.17. The summed E-state index contributed by atoms with van der Waals surface area (Å²) in [6, 6.07) is 9.88. The minimum absolute atomic E-state index is 0.0644. The van der Waals surface area contributed by atoms with Crippen molar-refractivity contribution in [2.24, 2.45) is 0 Å². The highest BCUT2D eigenvalue weighted by Crippen LogP contribution is 2.26. The maximum atomic E-state index is 13.7. The molecule has 1 N–H and O–H groups in total. The first kappa shape index (κ1) is 18.1. The number of halogens is 4. The molecule has 0 aromatic heterocycles. The number of benzene rings is 2. The molecular weight excluding hydrogens is 391 g/mol. The van der Waals surface area contributed by atoms with E-state index in [0.717, 1.165) is 0 Å². The first-order valence-electron chi connectivity index (χ1n) is 6.83. The smallest absolute Gasteiger partial charge is 0.387 e. The lowest BCUT2D eigenvalue weighted by molar-refractivity contribution is -0.122. The second-order valence-electron chi connectivity index (χ2n) is 4.70. The van der Waals surface area contributed by atoms with E-state index in [4.69, 9.17) is 4.74 Å². The largest absolute Gasteiger partial charge is 0.478 e. The number of alkyl halides is 2. The fourth-order valence-electron chi connectivity index (χ4n) is 1.82.